The summed E-state index contributed by atoms with van der Waals surface area (Å²) in [5.74, 6) is 0.0674. The minimum Gasteiger partial charge on any atom is -0.315 e. The van der Waals surface area contributed by atoms with Crippen molar-refractivity contribution in [2.24, 2.45) is 0 Å². The number of hydrogen-bond acceptors (Lipinski definition) is 5. The van der Waals surface area contributed by atoms with Crippen LogP contribution in [0, 0.1) is 0 Å². The van der Waals surface area contributed by atoms with Crippen LogP contribution in [0.25, 0.3) is 5.69 Å². The largest absolute Gasteiger partial charge is 0.315 e. The zero-order chi connectivity index (χ0) is 17.1. The Kier molecular flexibility index (Phi) is 5.65. The van der Waals surface area contributed by atoms with E-state index >= 15 is 0 Å². The Hall–Kier alpha value is -2.71. The first-order chi connectivity index (χ1) is 12.3. The van der Waals surface area contributed by atoms with Crippen molar-refractivity contribution >= 4 is 24.3 Å². The molecule has 8 nitrogen and oxygen atoms in total. The van der Waals surface area contributed by atoms with Crippen molar-refractivity contribution in [1.29, 1.82) is 0 Å². The number of nitrogens with one attached hydrogen (secondary N) is 2. The first-order valence-electron chi connectivity index (χ1n) is 8.34. The third-order valence-electron chi connectivity index (χ3n) is 4.29. The van der Waals surface area contributed by atoms with Crippen molar-refractivity contribution in [1.82, 2.24) is 29.9 Å². The molecule has 4 rings (SSSR count). The van der Waals surface area contributed by atoms with E-state index < -0.39 is 0 Å². The van der Waals surface area contributed by atoms with E-state index in [1.807, 2.05) is 41.2 Å². The Morgan fingerprint density at radius 1 is 1.23 bits per heavy atom. The summed E-state index contributed by atoms with van der Waals surface area (Å²) in [5.41, 5.74) is 1.25. The highest BCUT2D eigenvalue weighted by molar-refractivity contribution is 6.01. The molecule has 1 atom stereocenters. The molecule has 2 aromatic heterocycles. The van der Waals surface area contributed by atoms with Crippen LogP contribution in [0.3, 0.4) is 0 Å². The Morgan fingerprint density at radius 3 is 2.85 bits per heavy atom. The SMILES string of the molecule is Cl.O=C(Nc1nncn1-c1ccccc1)c1ccn(C2CCCNC2)n1. The second kappa shape index (κ2) is 8.11. The van der Waals surface area contributed by atoms with Crippen molar-refractivity contribution in [2.45, 2.75) is 18.9 Å². The molecule has 136 valence electrons. The van der Waals surface area contributed by atoms with Crippen LogP contribution >= 0.6 is 12.4 Å². The van der Waals surface area contributed by atoms with Gasteiger partial charge in [-0.1, -0.05) is 18.2 Å². The molecule has 1 aliphatic heterocycles. The predicted molar refractivity (Wildman–Crippen MR) is 99.9 cm³/mol. The monoisotopic (exact) mass is 373 g/mol. The number of carbonyl (C=O) groups excluding carboxylic acids is 1. The first kappa shape index (κ1) is 18.1. The number of hydrogen-bond donors (Lipinski definition) is 2. The average Bonchev–Trinajstić information content (AvgIpc) is 3.33. The van der Waals surface area contributed by atoms with Gasteiger partial charge in [0.2, 0.25) is 5.95 Å². The number of anilines is 1. The molecule has 9 heteroatoms. The van der Waals surface area contributed by atoms with E-state index in [9.17, 15) is 4.79 Å². The van der Waals surface area contributed by atoms with Crippen LogP contribution in [0.2, 0.25) is 0 Å². The summed E-state index contributed by atoms with van der Waals surface area (Å²) in [6.07, 6.45) is 5.61. The van der Waals surface area contributed by atoms with Crippen LogP contribution in [0.5, 0.6) is 0 Å². The number of para-hydroxylation sites is 1. The van der Waals surface area contributed by atoms with Gasteiger partial charge in [0.05, 0.1) is 11.7 Å². The van der Waals surface area contributed by atoms with Crippen LogP contribution in [-0.4, -0.2) is 43.5 Å². The third-order valence-corrected chi connectivity index (χ3v) is 4.29. The maximum atomic E-state index is 12.5. The van der Waals surface area contributed by atoms with Gasteiger partial charge in [-0.15, -0.1) is 22.6 Å². The molecule has 1 aliphatic rings. The van der Waals surface area contributed by atoms with Crippen molar-refractivity contribution in [3.8, 4) is 5.69 Å². The molecule has 1 saturated heterocycles. The van der Waals surface area contributed by atoms with Crippen molar-refractivity contribution < 1.29 is 4.79 Å². The summed E-state index contributed by atoms with van der Waals surface area (Å²) in [7, 11) is 0. The maximum Gasteiger partial charge on any atom is 0.278 e. The highest BCUT2D eigenvalue weighted by Crippen LogP contribution is 2.17. The normalized spacial score (nSPS) is 16.7. The van der Waals surface area contributed by atoms with E-state index in [0.29, 0.717) is 17.7 Å². The Balaban J connectivity index is 0.00000196. The zero-order valence-electron chi connectivity index (χ0n) is 14.1. The Labute approximate surface area is 157 Å². The summed E-state index contributed by atoms with van der Waals surface area (Å²) in [6, 6.07) is 11.6. The lowest BCUT2D eigenvalue weighted by Gasteiger charge is -2.22. The van der Waals surface area contributed by atoms with Crippen molar-refractivity contribution in [2.75, 3.05) is 18.4 Å². The number of amides is 1. The molecule has 1 unspecified atom stereocenters. The van der Waals surface area contributed by atoms with E-state index in [0.717, 1.165) is 31.6 Å². The van der Waals surface area contributed by atoms with Gasteiger partial charge >= 0.3 is 0 Å². The Morgan fingerprint density at radius 2 is 2.08 bits per heavy atom. The molecule has 3 aromatic rings. The average molecular weight is 374 g/mol. The predicted octanol–water partition coefficient (Wildman–Crippen LogP) is 2.06. The number of halogens is 1. The first-order valence-corrected chi connectivity index (χ1v) is 8.34. The molecular weight excluding hydrogens is 354 g/mol. The topological polar surface area (TPSA) is 89.7 Å². The number of carbonyl (C=O) groups is 1. The smallest absolute Gasteiger partial charge is 0.278 e. The van der Waals surface area contributed by atoms with Crippen molar-refractivity contribution in [3.05, 3.63) is 54.6 Å². The van der Waals surface area contributed by atoms with Gasteiger partial charge in [-0.25, -0.2) is 0 Å². The molecular formula is C17H20ClN7O. The van der Waals surface area contributed by atoms with Crippen LogP contribution in [0.1, 0.15) is 29.4 Å². The van der Waals surface area contributed by atoms with Crippen LogP contribution in [0.15, 0.2) is 48.9 Å². The van der Waals surface area contributed by atoms with E-state index in [1.54, 1.807) is 17.0 Å². The molecule has 2 N–H and O–H groups in total. The van der Waals surface area contributed by atoms with Gasteiger partial charge in [0.15, 0.2) is 5.69 Å². The molecule has 0 spiro atoms. The molecule has 1 amide bonds. The molecule has 3 heterocycles. The minimum atomic E-state index is -0.298. The standard InChI is InChI=1S/C17H19N7O.ClH/c25-16(15-8-10-24(22-15)14-7-4-9-18-11-14)20-17-21-19-12-23(17)13-5-2-1-3-6-13;/h1-3,5-6,8,10,12,14,18H,4,7,9,11H2,(H,20,21,25);1H. The van der Waals surface area contributed by atoms with E-state index in [1.165, 1.54) is 0 Å². The molecule has 26 heavy (non-hydrogen) atoms. The van der Waals surface area contributed by atoms with Gasteiger partial charge < -0.3 is 5.32 Å². The minimum absolute atomic E-state index is 0. The maximum absolute atomic E-state index is 12.5. The molecule has 0 aliphatic carbocycles. The van der Waals surface area contributed by atoms with Gasteiger partial charge in [-0.05, 0) is 37.6 Å². The molecule has 1 aromatic carbocycles. The van der Waals surface area contributed by atoms with Crippen LogP contribution in [-0.2, 0) is 0 Å². The number of piperidine rings is 1. The summed E-state index contributed by atoms with van der Waals surface area (Å²) in [4.78, 5) is 12.5. The fourth-order valence-corrected chi connectivity index (χ4v) is 2.99. The molecule has 0 bridgehead atoms. The second-order valence-electron chi connectivity index (χ2n) is 6.00. The molecule has 0 radical (unpaired) electrons. The Bertz CT molecular complexity index is 855. The molecule has 0 saturated carbocycles. The number of aromatic nitrogens is 5. The molecule has 1 fully saturated rings. The lowest BCUT2D eigenvalue weighted by Crippen LogP contribution is -2.32. The van der Waals surface area contributed by atoms with Gasteiger partial charge in [-0.3, -0.25) is 19.4 Å². The highest BCUT2D eigenvalue weighted by Gasteiger charge is 2.19. The summed E-state index contributed by atoms with van der Waals surface area (Å²) >= 11 is 0. The third kappa shape index (κ3) is 3.76. The highest BCUT2D eigenvalue weighted by atomic mass is 35.5. The summed E-state index contributed by atoms with van der Waals surface area (Å²) in [5, 5.41) is 18.4. The van der Waals surface area contributed by atoms with E-state index in [4.69, 9.17) is 0 Å². The number of benzene rings is 1. The second-order valence-corrected chi connectivity index (χ2v) is 6.00. The summed E-state index contributed by atoms with van der Waals surface area (Å²) < 4.78 is 3.59. The lowest BCUT2D eigenvalue weighted by molar-refractivity contribution is 0.102. The number of nitrogens with zero attached hydrogens (tertiary/aromatic N) is 5. The van der Waals surface area contributed by atoms with Crippen LogP contribution in [0.4, 0.5) is 5.95 Å². The fraction of sp³-hybridized carbons (Fsp3) is 0.294. The quantitative estimate of drug-likeness (QED) is 0.730. The summed E-state index contributed by atoms with van der Waals surface area (Å²) in [6.45, 7) is 1.92. The van der Waals surface area contributed by atoms with Gasteiger partial charge in [0, 0.05) is 12.7 Å². The van der Waals surface area contributed by atoms with Crippen molar-refractivity contribution in [3.63, 3.8) is 0 Å². The van der Waals surface area contributed by atoms with Gasteiger partial charge in [-0.2, -0.15) is 5.10 Å². The van der Waals surface area contributed by atoms with Gasteiger partial charge in [0.1, 0.15) is 6.33 Å². The number of rotatable bonds is 4. The van der Waals surface area contributed by atoms with E-state index in [-0.39, 0.29) is 18.3 Å². The van der Waals surface area contributed by atoms with Crippen LogP contribution < -0.4 is 10.6 Å². The lowest BCUT2D eigenvalue weighted by atomic mass is 10.1. The fourth-order valence-electron chi connectivity index (χ4n) is 2.99. The zero-order valence-corrected chi connectivity index (χ0v) is 14.9. The van der Waals surface area contributed by atoms with E-state index in [2.05, 4.69) is 25.9 Å². The van der Waals surface area contributed by atoms with Gasteiger partial charge in [0.25, 0.3) is 5.91 Å².